The first kappa shape index (κ1) is 19.0. The second-order valence-electron chi connectivity index (χ2n) is 7.32. The van der Waals surface area contributed by atoms with Gasteiger partial charge in [-0.3, -0.25) is 9.52 Å². The molecular weight excluding hydrogens is 422 g/mol. The number of carbonyl (C=O) groups excluding carboxylic acids is 1. The van der Waals surface area contributed by atoms with E-state index in [1.807, 2.05) is 30.3 Å². The summed E-state index contributed by atoms with van der Waals surface area (Å²) >= 11 is 6.26. The van der Waals surface area contributed by atoms with Crippen LogP contribution in [0.4, 0.5) is 22.7 Å². The van der Waals surface area contributed by atoms with E-state index < -0.39 is 10.0 Å². The van der Waals surface area contributed by atoms with Crippen LogP contribution in [0, 0.1) is 0 Å². The van der Waals surface area contributed by atoms with E-state index in [0.29, 0.717) is 16.9 Å². The van der Waals surface area contributed by atoms with Gasteiger partial charge in [-0.1, -0.05) is 41.9 Å². The average molecular weight is 440 g/mol. The Morgan fingerprint density at radius 3 is 2.53 bits per heavy atom. The van der Waals surface area contributed by atoms with Gasteiger partial charge in [0.25, 0.3) is 10.0 Å². The molecule has 0 atom stereocenters. The quantitative estimate of drug-likeness (QED) is 0.634. The fourth-order valence-electron chi connectivity index (χ4n) is 4.01. The lowest BCUT2D eigenvalue weighted by molar-refractivity contribution is -0.115. The fraction of sp³-hybridized carbons (Fsp3) is 0.136. The first-order valence-electron chi connectivity index (χ1n) is 9.52. The summed E-state index contributed by atoms with van der Waals surface area (Å²) in [5, 5.41) is 2.74. The number of anilines is 4. The Hall–Kier alpha value is -3.03. The van der Waals surface area contributed by atoms with Gasteiger partial charge in [0.1, 0.15) is 4.90 Å². The molecule has 2 N–H and O–H groups in total. The van der Waals surface area contributed by atoms with Crippen LogP contribution in [-0.2, 0) is 27.7 Å². The molecule has 0 bridgehead atoms. The summed E-state index contributed by atoms with van der Waals surface area (Å²) in [5.41, 5.74) is 4.72. The third-order valence-electron chi connectivity index (χ3n) is 5.40. The van der Waals surface area contributed by atoms with Crippen LogP contribution in [-0.4, -0.2) is 20.9 Å². The number of para-hydroxylation sites is 3. The highest BCUT2D eigenvalue weighted by atomic mass is 35.5. The zero-order chi connectivity index (χ0) is 20.9. The van der Waals surface area contributed by atoms with Crippen molar-refractivity contribution in [1.29, 1.82) is 0 Å². The van der Waals surface area contributed by atoms with E-state index >= 15 is 0 Å². The van der Waals surface area contributed by atoms with Crippen molar-refractivity contribution in [3.05, 3.63) is 76.8 Å². The molecule has 3 aromatic carbocycles. The van der Waals surface area contributed by atoms with Crippen LogP contribution in [0.25, 0.3) is 0 Å². The van der Waals surface area contributed by atoms with Crippen molar-refractivity contribution >= 4 is 50.3 Å². The molecule has 8 heteroatoms. The number of amides is 1. The van der Waals surface area contributed by atoms with Crippen molar-refractivity contribution in [2.75, 3.05) is 21.5 Å². The Balaban J connectivity index is 1.52. The zero-order valence-electron chi connectivity index (χ0n) is 15.9. The van der Waals surface area contributed by atoms with Gasteiger partial charge < -0.3 is 10.2 Å². The maximum absolute atomic E-state index is 13.2. The lowest BCUT2D eigenvalue weighted by Gasteiger charge is -2.23. The Morgan fingerprint density at radius 2 is 1.70 bits per heavy atom. The number of fused-ring (bicyclic) bond motifs is 2. The van der Waals surface area contributed by atoms with Crippen LogP contribution in [0.2, 0.25) is 5.02 Å². The van der Waals surface area contributed by atoms with E-state index in [0.717, 1.165) is 24.3 Å². The lowest BCUT2D eigenvalue weighted by Crippen LogP contribution is -2.19. The van der Waals surface area contributed by atoms with E-state index in [1.54, 1.807) is 12.1 Å². The number of benzene rings is 3. The standard InChI is InChI=1S/C22H18ClN3O3S/c23-16-13-18-15(12-22(27)24-18)11-21(16)30(28,29)25-17-6-2-4-8-20(17)26-10-9-14-5-1-3-7-19(14)26/h1-8,11,13,25H,9-10,12H2,(H,24,27). The predicted octanol–water partition coefficient (Wildman–Crippen LogP) is 4.33. The van der Waals surface area contributed by atoms with E-state index in [1.165, 1.54) is 17.7 Å². The van der Waals surface area contributed by atoms with Crippen molar-refractivity contribution in [3.63, 3.8) is 0 Å². The Labute approximate surface area is 179 Å². The molecule has 2 aliphatic rings. The number of carbonyl (C=O) groups is 1. The summed E-state index contributed by atoms with van der Waals surface area (Å²) in [6.07, 6.45) is 1.03. The van der Waals surface area contributed by atoms with Crippen molar-refractivity contribution in [1.82, 2.24) is 0 Å². The summed E-state index contributed by atoms with van der Waals surface area (Å²) in [5.74, 6) is -0.179. The molecule has 0 fully saturated rings. The summed E-state index contributed by atoms with van der Waals surface area (Å²) < 4.78 is 29.1. The third-order valence-corrected chi connectivity index (χ3v) is 7.23. The van der Waals surface area contributed by atoms with Gasteiger partial charge >= 0.3 is 0 Å². The van der Waals surface area contributed by atoms with Crippen LogP contribution in [0.15, 0.2) is 65.6 Å². The molecule has 0 unspecified atom stereocenters. The largest absolute Gasteiger partial charge is 0.339 e. The minimum atomic E-state index is -3.96. The van der Waals surface area contributed by atoms with Crippen molar-refractivity contribution in [2.45, 2.75) is 17.7 Å². The van der Waals surface area contributed by atoms with E-state index in [2.05, 4.69) is 21.0 Å². The number of hydrogen-bond donors (Lipinski definition) is 2. The van der Waals surface area contributed by atoms with Crippen LogP contribution < -0.4 is 14.9 Å². The molecule has 30 heavy (non-hydrogen) atoms. The Kier molecular flexibility index (Phi) is 4.45. The molecule has 0 spiro atoms. The van der Waals surface area contributed by atoms with Crippen molar-refractivity contribution < 1.29 is 13.2 Å². The third kappa shape index (κ3) is 3.20. The minimum Gasteiger partial charge on any atom is -0.339 e. The maximum atomic E-state index is 13.2. The SMILES string of the molecule is O=C1Cc2cc(S(=O)(=O)Nc3ccccc3N3CCc4ccccc43)c(Cl)cc2N1. The molecule has 3 aromatic rings. The van der Waals surface area contributed by atoms with Crippen LogP contribution >= 0.6 is 11.6 Å². The number of nitrogens with zero attached hydrogens (tertiary/aromatic N) is 1. The number of sulfonamides is 1. The maximum Gasteiger partial charge on any atom is 0.263 e. The van der Waals surface area contributed by atoms with Gasteiger partial charge in [0.15, 0.2) is 0 Å². The molecule has 0 aliphatic carbocycles. The number of halogens is 1. The van der Waals surface area contributed by atoms with Crippen LogP contribution in [0.3, 0.4) is 0 Å². The van der Waals surface area contributed by atoms with Gasteiger partial charge in [-0.05, 0) is 47.9 Å². The summed E-state index contributed by atoms with van der Waals surface area (Å²) in [6, 6.07) is 18.4. The Bertz CT molecular complexity index is 1290. The molecule has 0 saturated heterocycles. The van der Waals surface area contributed by atoms with E-state index in [-0.39, 0.29) is 22.2 Å². The van der Waals surface area contributed by atoms with Crippen LogP contribution in [0.1, 0.15) is 11.1 Å². The smallest absolute Gasteiger partial charge is 0.263 e. The first-order chi connectivity index (χ1) is 14.4. The molecule has 5 rings (SSSR count). The van der Waals surface area contributed by atoms with Gasteiger partial charge in [0.05, 0.1) is 22.8 Å². The Morgan fingerprint density at radius 1 is 0.967 bits per heavy atom. The second kappa shape index (κ2) is 7.04. The van der Waals surface area contributed by atoms with Crippen molar-refractivity contribution in [3.8, 4) is 0 Å². The summed E-state index contributed by atoms with van der Waals surface area (Å²) in [6.45, 7) is 0.769. The van der Waals surface area contributed by atoms with Gasteiger partial charge in [-0.15, -0.1) is 0 Å². The molecular formula is C22H18ClN3O3S. The highest BCUT2D eigenvalue weighted by molar-refractivity contribution is 7.92. The van der Waals surface area contributed by atoms with Gasteiger partial charge in [0, 0.05) is 17.9 Å². The molecule has 2 heterocycles. The minimum absolute atomic E-state index is 0.0453. The predicted molar refractivity (Wildman–Crippen MR) is 118 cm³/mol. The molecule has 6 nitrogen and oxygen atoms in total. The first-order valence-corrected chi connectivity index (χ1v) is 11.4. The van der Waals surface area contributed by atoms with Crippen LogP contribution in [0.5, 0.6) is 0 Å². The molecule has 0 saturated carbocycles. The van der Waals surface area contributed by atoms with Gasteiger partial charge in [-0.25, -0.2) is 8.42 Å². The highest BCUT2D eigenvalue weighted by Gasteiger charge is 2.27. The normalized spacial score (nSPS) is 15.0. The highest BCUT2D eigenvalue weighted by Crippen LogP contribution is 2.39. The molecule has 0 aromatic heterocycles. The topological polar surface area (TPSA) is 78.5 Å². The zero-order valence-corrected chi connectivity index (χ0v) is 17.4. The van der Waals surface area contributed by atoms with E-state index in [9.17, 15) is 13.2 Å². The average Bonchev–Trinajstić information content (AvgIpc) is 3.29. The van der Waals surface area contributed by atoms with E-state index in [4.69, 9.17) is 11.6 Å². The number of rotatable bonds is 4. The summed E-state index contributed by atoms with van der Waals surface area (Å²) in [4.78, 5) is 13.7. The molecule has 152 valence electrons. The monoisotopic (exact) mass is 439 g/mol. The van der Waals surface area contributed by atoms with Crippen molar-refractivity contribution in [2.24, 2.45) is 0 Å². The van der Waals surface area contributed by atoms with Gasteiger partial charge in [-0.2, -0.15) is 0 Å². The van der Waals surface area contributed by atoms with Gasteiger partial charge in [0.2, 0.25) is 5.91 Å². The second-order valence-corrected chi connectivity index (χ2v) is 9.38. The summed E-state index contributed by atoms with van der Waals surface area (Å²) in [7, 11) is -3.96. The fourth-order valence-corrected chi connectivity index (χ4v) is 5.67. The molecule has 1 amide bonds. The number of hydrogen-bond acceptors (Lipinski definition) is 4. The number of nitrogens with one attached hydrogen (secondary N) is 2. The lowest BCUT2D eigenvalue weighted by atomic mass is 10.2. The molecule has 0 radical (unpaired) electrons. The molecule has 2 aliphatic heterocycles.